The van der Waals surface area contributed by atoms with Gasteiger partial charge in [0.05, 0.1) is 0 Å². The highest BCUT2D eigenvalue weighted by atomic mass is 32.1. The first kappa shape index (κ1) is 13.1. The van der Waals surface area contributed by atoms with Crippen LogP contribution in [0.3, 0.4) is 0 Å². The molecule has 1 atom stereocenters. The van der Waals surface area contributed by atoms with E-state index in [0.717, 1.165) is 12.5 Å². The zero-order valence-corrected chi connectivity index (χ0v) is 11.9. The largest absolute Gasteiger partial charge is 0.326 e. The Morgan fingerprint density at radius 1 is 1.53 bits per heavy atom. The van der Waals surface area contributed by atoms with Gasteiger partial charge in [0.1, 0.15) is 0 Å². The van der Waals surface area contributed by atoms with E-state index in [9.17, 15) is 0 Å². The summed E-state index contributed by atoms with van der Waals surface area (Å²) in [6.07, 6.45) is 4.11. The number of hydrogen-bond acceptors (Lipinski definition) is 3. The van der Waals surface area contributed by atoms with E-state index in [4.69, 9.17) is 5.73 Å². The minimum Gasteiger partial charge on any atom is -0.326 e. The lowest BCUT2D eigenvalue weighted by Crippen LogP contribution is -2.20. The molecule has 1 fully saturated rings. The lowest BCUT2D eigenvalue weighted by atomic mass is 10.0. The van der Waals surface area contributed by atoms with Crippen LogP contribution in [0.15, 0.2) is 6.07 Å². The first-order valence-corrected chi connectivity index (χ1v) is 7.55. The summed E-state index contributed by atoms with van der Waals surface area (Å²) in [7, 11) is 0. The lowest BCUT2D eigenvalue weighted by molar-refractivity contribution is 0.313. The van der Waals surface area contributed by atoms with Crippen LogP contribution in [0, 0.1) is 12.8 Å². The van der Waals surface area contributed by atoms with Crippen LogP contribution in [0.1, 0.15) is 41.5 Å². The summed E-state index contributed by atoms with van der Waals surface area (Å²) < 4.78 is 0. The van der Waals surface area contributed by atoms with Crippen molar-refractivity contribution in [3.05, 3.63) is 21.4 Å². The Morgan fingerprint density at radius 2 is 2.35 bits per heavy atom. The van der Waals surface area contributed by atoms with Crippen LogP contribution in [-0.4, -0.2) is 18.0 Å². The zero-order chi connectivity index (χ0) is 12.3. The predicted molar refractivity (Wildman–Crippen MR) is 75.2 cm³/mol. The highest BCUT2D eigenvalue weighted by Gasteiger charge is 2.22. The molecular weight excluding hydrogens is 228 g/mol. The lowest BCUT2D eigenvalue weighted by Gasteiger charge is -2.15. The molecule has 0 bridgehead atoms. The summed E-state index contributed by atoms with van der Waals surface area (Å²) in [4.78, 5) is 5.38. The van der Waals surface area contributed by atoms with E-state index in [-0.39, 0.29) is 0 Å². The maximum atomic E-state index is 5.70. The van der Waals surface area contributed by atoms with Crippen LogP contribution in [0.5, 0.6) is 0 Å². The normalized spacial score (nSPS) is 21.2. The molecule has 1 unspecified atom stereocenters. The second-order valence-electron chi connectivity index (χ2n) is 5.18. The van der Waals surface area contributed by atoms with E-state index in [1.54, 1.807) is 0 Å². The number of nitrogens with zero attached hydrogens (tertiary/aromatic N) is 1. The Morgan fingerprint density at radius 3 is 3.00 bits per heavy atom. The fraction of sp³-hybridized carbons (Fsp3) is 0.714. The molecule has 2 nitrogen and oxygen atoms in total. The Labute approximate surface area is 109 Å². The average molecular weight is 252 g/mol. The van der Waals surface area contributed by atoms with Crippen LogP contribution in [0.4, 0.5) is 0 Å². The number of rotatable bonds is 5. The third-order valence-electron chi connectivity index (χ3n) is 3.73. The SMILES string of the molecule is CCCC1CCN(Cc2cc(CN)sc2C)C1. The molecule has 3 heteroatoms. The van der Waals surface area contributed by atoms with Gasteiger partial charge in [-0.2, -0.15) is 0 Å². The molecule has 2 heterocycles. The third-order valence-corrected chi connectivity index (χ3v) is 4.85. The van der Waals surface area contributed by atoms with Gasteiger partial charge in [0.2, 0.25) is 0 Å². The highest BCUT2D eigenvalue weighted by molar-refractivity contribution is 7.12. The van der Waals surface area contributed by atoms with Gasteiger partial charge in [-0.25, -0.2) is 0 Å². The Hall–Kier alpha value is -0.380. The highest BCUT2D eigenvalue weighted by Crippen LogP contribution is 2.26. The smallest absolute Gasteiger partial charge is 0.0274 e. The van der Waals surface area contributed by atoms with E-state index in [0.29, 0.717) is 6.54 Å². The van der Waals surface area contributed by atoms with Gasteiger partial charge in [-0.05, 0) is 43.9 Å². The quantitative estimate of drug-likeness (QED) is 0.872. The summed E-state index contributed by atoms with van der Waals surface area (Å²) in [5, 5.41) is 0. The molecule has 0 aliphatic carbocycles. The Bertz CT molecular complexity index is 359. The van der Waals surface area contributed by atoms with Crippen molar-refractivity contribution >= 4 is 11.3 Å². The van der Waals surface area contributed by atoms with Gasteiger partial charge >= 0.3 is 0 Å². The third kappa shape index (κ3) is 3.30. The topological polar surface area (TPSA) is 29.3 Å². The van der Waals surface area contributed by atoms with E-state index < -0.39 is 0 Å². The number of likely N-dealkylation sites (tertiary alicyclic amines) is 1. The molecule has 96 valence electrons. The molecule has 1 aliphatic rings. The van der Waals surface area contributed by atoms with Gasteiger partial charge < -0.3 is 5.73 Å². The van der Waals surface area contributed by atoms with Crippen molar-refractivity contribution in [2.24, 2.45) is 11.7 Å². The number of nitrogens with two attached hydrogens (primary N) is 1. The zero-order valence-electron chi connectivity index (χ0n) is 11.0. The maximum absolute atomic E-state index is 5.70. The number of hydrogen-bond donors (Lipinski definition) is 1. The fourth-order valence-corrected chi connectivity index (χ4v) is 3.72. The molecule has 1 aromatic rings. The average Bonchev–Trinajstić information content (AvgIpc) is 2.88. The van der Waals surface area contributed by atoms with Crippen molar-refractivity contribution in [3.63, 3.8) is 0 Å². The van der Waals surface area contributed by atoms with Gasteiger partial charge in [-0.3, -0.25) is 4.90 Å². The Kier molecular flexibility index (Phi) is 4.60. The van der Waals surface area contributed by atoms with E-state index >= 15 is 0 Å². The van der Waals surface area contributed by atoms with Crippen molar-refractivity contribution in [3.8, 4) is 0 Å². The van der Waals surface area contributed by atoms with Crippen LogP contribution < -0.4 is 5.73 Å². The van der Waals surface area contributed by atoms with Gasteiger partial charge in [-0.15, -0.1) is 11.3 Å². The second-order valence-corrected chi connectivity index (χ2v) is 6.52. The summed E-state index contributed by atoms with van der Waals surface area (Å²) >= 11 is 1.86. The fourth-order valence-electron chi connectivity index (χ4n) is 2.79. The molecule has 1 aliphatic heterocycles. The summed E-state index contributed by atoms with van der Waals surface area (Å²) in [6, 6.07) is 2.30. The van der Waals surface area contributed by atoms with Crippen LogP contribution in [-0.2, 0) is 13.1 Å². The van der Waals surface area contributed by atoms with Crippen molar-refractivity contribution in [1.82, 2.24) is 4.90 Å². The Balaban J connectivity index is 1.90. The van der Waals surface area contributed by atoms with Crippen molar-refractivity contribution in [2.45, 2.75) is 46.2 Å². The summed E-state index contributed by atoms with van der Waals surface area (Å²) in [6.45, 7) is 8.89. The number of thiophene rings is 1. The molecule has 1 aromatic heterocycles. The van der Waals surface area contributed by atoms with Gasteiger partial charge in [0.15, 0.2) is 0 Å². The first-order chi connectivity index (χ1) is 8.22. The minimum absolute atomic E-state index is 0.684. The van der Waals surface area contributed by atoms with E-state index in [1.165, 1.54) is 47.7 Å². The maximum Gasteiger partial charge on any atom is 0.0274 e. The van der Waals surface area contributed by atoms with Crippen LogP contribution in [0.2, 0.25) is 0 Å². The molecule has 2 rings (SSSR count). The molecule has 1 saturated heterocycles. The van der Waals surface area contributed by atoms with Crippen LogP contribution in [0.25, 0.3) is 0 Å². The van der Waals surface area contributed by atoms with Crippen LogP contribution >= 0.6 is 11.3 Å². The van der Waals surface area contributed by atoms with E-state index in [2.05, 4.69) is 24.8 Å². The molecule has 17 heavy (non-hydrogen) atoms. The van der Waals surface area contributed by atoms with Crippen molar-refractivity contribution < 1.29 is 0 Å². The summed E-state index contributed by atoms with van der Waals surface area (Å²) in [5.74, 6) is 0.938. The minimum atomic E-state index is 0.684. The second kappa shape index (κ2) is 5.98. The molecular formula is C14H24N2S. The van der Waals surface area contributed by atoms with Crippen molar-refractivity contribution in [2.75, 3.05) is 13.1 Å². The monoisotopic (exact) mass is 252 g/mol. The van der Waals surface area contributed by atoms with Gasteiger partial charge in [-0.1, -0.05) is 13.3 Å². The van der Waals surface area contributed by atoms with Gasteiger partial charge in [0.25, 0.3) is 0 Å². The molecule has 0 spiro atoms. The first-order valence-electron chi connectivity index (χ1n) is 6.73. The standard InChI is InChI=1S/C14H24N2S/c1-3-4-12-5-6-16(9-12)10-13-7-14(8-15)17-11(13)2/h7,12H,3-6,8-10,15H2,1-2H3. The predicted octanol–water partition coefficient (Wildman–Crippen LogP) is 3.14. The number of aryl methyl sites for hydroxylation is 1. The van der Waals surface area contributed by atoms with Crippen molar-refractivity contribution in [1.29, 1.82) is 0 Å². The molecule has 0 radical (unpaired) electrons. The van der Waals surface area contributed by atoms with E-state index in [1.807, 2.05) is 11.3 Å². The molecule has 0 saturated carbocycles. The summed E-state index contributed by atoms with van der Waals surface area (Å²) in [5.41, 5.74) is 7.19. The molecule has 2 N–H and O–H groups in total. The molecule has 0 amide bonds. The molecule has 0 aromatic carbocycles. The van der Waals surface area contributed by atoms with Gasteiger partial charge in [0, 0.05) is 29.4 Å².